The highest BCUT2D eigenvalue weighted by Gasteiger charge is 2.36. The SMILES string of the molecule is O=C(NCC1(c2ccccc2)CCCC1)c1cccc2c1OCCO2. The molecule has 0 unspecified atom stereocenters. The van der Waals surface area contributed by atoms with Gasteiger partial charge in [0.1, 0.15) is 13.2 Å². The van der Waals surface area contributed by atoms with Crippen LogP contribution in [-0.4, -0.2) is 25.7 Å². The zero-order chi connectivity index (χ0) is 17.1. The average Bonchev–Trinajstić information content (AvgIpc) is 3.16. The Morgan fingerprint density at radius 1 is 0.960 bits per heavy atom. The first kappa shape index (κ1) is 16.0. The molecule has 0 saturated heterocycles. The summed E-state index contributed by atoms with van der Waals surface area (Å²) >= 11 is 0. The molecular weight excluding hydrogens is 314 g/mol. The molecule has 2 aromatic rings. The molecule has 0 spiro atoms. The van der Waals surface area contributed by atoms with Crippen LogP contribution in [0.4, 0.5) is 0 Å². The van der Waals surface area contributed by atoms with Gasteiger partial charge in [-0.25, -0.2) is 0 Å². The van der Waals surface area contributed by atoms with Gasteiger partial charge in [-0.2, -0.15) is 0 Å². The van der Waals surface area contributed by atoms with Crippen LogP contribution in [0, 0.1) is 0 Å². The van der Waals surface area contributed by atoms with Crippen LogP contribution in [0.15, 0.2) is 48.5 Å². The van der Waals surface area contributed by atoms with Gasteiger partial charge in [0.25, 0.3) is 5.91 Å². The first-order valence-corrected chi connectivity index (χ1v) is 9.01. The minimum atomic E-state index is -0.0930. The van der Waals surface area contributed by atoms with E-state index in [9.17, 15) is 4.79 Å². The van der Waals surface area contributed by atoms with Gasteiger partial charge in [-0.05, 0) is 30.5 Å². The largest absolute Gasteiger partial charge is 0.486 e. The monoisotopic (exact) mass is 337 g/mol. The number of carbonyl (C=O) groups is 1. The van der Waals surface area contributed by atoms with Gasteiger partial charge >= 0.3 is 0 Å². The van der Waals surface area contributed by atoms with Gasteiger partial charge in [0.15, 0.2) is 11.5 Å². The second kappa shape index (κ2) is 6.79. The van der Waals surface area contributed by atoms with E-state index in [-0.39, 0.29) is 11.3 Å². The fourth-order valence-corrected chi connectivity index (χ4v) is 4.01. The van der Waals surface area contributed by atoms with Crippen LogP contribution >= 0.6 is 0 Å². The predicted octanol–water partition coefficient (Wildman–Crippen LogP) is 3.70. The van der Waals surface area contributed by atoms with Crippen molar-refractivity contribution in [3.05, 3.63) is 59.7 Å². The first-order valence-electron chi connectivity index (χ1n) is 9.01. The second-order valence-electron chi connectivity index (χ2n) is 6.87. The number of ether oxygens (including phenoxy) is 2. The number of nitrogens with one attached hydrogen (secondary N) is 1. The molecule has 0 bridgehead atoms. The molecule has 1 aliphatic heterocycles. The first-order chi connectivity index (χ1) is 12.3. The molecule has 4 heteroatoms. The lowest BCUT2D eigenvalue weighted by atomic mass is 9.79. The Kier molecular flexibility index (Phi) is 4.35. The summed E-state index contributed by atoms with van der Waals surface area (Å²) in [4.78, 5) is 12.8. The summed E-state index contributed by atoms with van der Waals surface area (Å²) in [7, 11) is 0. The average molecular weight is 337 g/mol. The highest BCUT2D eigenvalue weighted by Crippen LogP contribution is 2.41. The molecule has 4 nitrogen and oxygen atoms in total. The maximum atomic E-state index is 12.8. The lowest BCUT2D eigenvalue weighted by molar-refractivity contribution is 0.0932. The molecule has 0 radical (unpaired) electrons. The summed E-state index contributed by atoms with van der Waals surface area (Å²) in [6.45, 7) is 1.65. The number of rotatable bonds is 4. The highest BCUT2D eigenvalue weighted by atomic mass is 16.6. The Hall–Kier alpha value is -2.49. The van der Waals surface area contributed by atoms with Crippen molar-refractivity contribution < 1.29 is 14.3 Å². The summed E-state index contributed by atoms with van der Waals surface area (Å²) in [5, 5.41) is 3.16. The summed E-state index contributed by atoms with van der Waals surface area (Å²) in [6.07, 6.45) is 4.65. The van der Waals surface area contributed by atoms with Crippen molar-refractivity contribution in [3.8, 4) is 11.5 Å². The molecule has 1 N–H and O–H groups in total. The van der Waals surface area contributed by atoms with Crippen LogP contribution in [0.2, 0.25) is 0 Å². The molecule has 25 heavy (non-hydrogen) atoms. The van der Waals surface area contributed by atoms with E-state index in [1.807, 2.05) is 18.2 Å². The van der Waals surface area contributed by atoms with E-state index in [4.69, 9.17) is 9.47 Å². The minimum absolute atomic E-state index is 0.0448. The van der Waals surface area contributed by atoms with Crippen molar-refractivity contribution in [1.29, 1.82) is 0 Å². The van der Waals surface area contributed by atoms with Crippen molar-refractivity contribution in [3.63, 3.8) is 0 Å². The van der Waals surface area contributed by atoms with Crippen LogP contribution in [0.1, 0.15) is 41.6 Å². The molecule has 1 heterocycles. The van der Waals surface area contributed by atoms with Gasteiger partial charge in [-0.3, -0.25) is 4.79 Å². The summed E-state index contributed by atoms with van der Waals surface area (Å²) in [5.74, 6) is 1.12. The normalized spacial score (nSPS) is 17.9. The number of amides is 1. The van der Waals surface area contributed by atoms with Gasteiger partial charge in [0.05, 0.1) is 5.56 Å². The third kappa shape index (κ3) is 3.09. The van der Waals surface area contributed by atoms with E-state index in [2.05, 4.69) is 29.6 Å². The lowest BCUT2D eigenvalue weighted by Gasteiger charge is -2.30. The molecule has 0 atom stereocenters. The predicted molar refractivity (Wildman–Crippen MR) is 96.4 cm³/mol. The quantitative estimate of drug-likeness (QED) is 0.925. The van der Waals surface area contributed by atoms with Crippen molar-refractivity contribution >= 4 is 5.91 Å². The third-order valence-electron chi connectivity index (χ3n) is 5.34. The van der Waals surface area contributed by atoms with Crippen LogP contribution in [0.3, 0.4) is 0 Å². The van der Waals surface area contributed by atoms with Crippen molar-refractivity contribution in [2.75, 3.05) is 19.8 Å². The molecule has 4 rings (SSSR count). The number of hydrogen-bond donors (Lipinski definition) is 1. The van der Waals surface area contributed by atoms with Crippen molar-refractivity contribution in [1.82, 2.24) is 5.32 Å². The number of hydrogen-bond acceptors (Lipinski definition) is 3. The second-order valence-corrected chi connectivity index (χ2v) is 6.87. The highest BCUT2D eigenvalue weighted by molar-refractivity contribution is 5.97. The van der Waals surface area contributed by atoms with E-state index in [0.717, 1.165) is 12.8 Å². The number of para-hydroxylation sites is 1. The Labute approximate surface area is 148 Å². The molecule has 1 amide bonds. The number of carbonyl (C=O) groups excluding carboxylic acids is 1. The number of benzene rings is 2. The minimum Gasteiger partial charge on any atom is -0.486 e. The summed E-state index contributed by atoms with van der Waals surface area (Å²) < 4.78 is 11.2. The molecule has 0 aromatic heterocycles. The standard InChI is InChI=1S/C21H23NO3/c23-20(17-9-6-10-18-19(17)25-14-13-24-18)22-15-21(11-4-5-12-21)16-7-2-1-3-8-16/h1-3,6-10H,4-5,11-15H2,(H,22,23). The smallest absolute Gasteiger partial charge is 0.255 e. The van der Waals surface area contributed by atoms with Gasteiger partial charge in [-0.15, -0.1) is 0 Å². The fourth-order valence-electron chi connectivity index (χ4n) is 4.01. The zero-order valence-electron chi connectivity index (χ0n) is 14.3. The van der Waals surface area contributed by atoms with E-state index >= 15 is 0 Å². The van der Waals surface area contributed by atoms with Crippen LogP contribution in [-0.2, 0) is 5.41 Å². The summed E-state index contributed by atoms with van der Waals surface area (Å²) in [5.41, 5.74) is 1.92. The third-order valence-corrected chi connectivity index (χ3v) is 5.34. The van der Waals surface area contributed by atoms with E-state index in [1.165, 1.54) is 18.4 Å². The van der Waals surface area contributed by atoms with Gasteiger partial charge in [-0.1, -0.05) is 49.2 Å². The van der Waals surface area contributed by atoms with Crippen molar-refractivity contribution in [2.45, 2.75) is 31.1 Å². The van der Waals surface area contributed by atoms with E-state index < -0.39 is 0 Å². The topological polar surface area (TPSA) is 47.6 Å². The molecule has 1 fully saturated rings. The maximum Gasteiger partial charge on any atom is 0.255 e. The number of fused-ring (bicyclic) bond motifs is 1. The van der Waals surface area contributed by atoms with Crippen molar-refractivity contribution in [2.24, 2.45) is 0 Å². The Morgan fingerprint density at radius 3 is 2.52 bits per heavy atom. The fraction of sp³-hybridized carbons (Fsp3) is 0.381. The lowest BCUT2D eigenvalue weighted by Crippen LogP contribution is -2.39. The van der Waals surface area contributed by atoms with Gasteiger partial charge in [0, 0.05) is 12.0 Å². The van der Waals surface area contributed by atoms with Gasteiger partial charge < -0.3 is 14.8 Å². The molecular formula is C21H23NO3. The van der Waals surface area contributed by atoms with Crippen LogP contribution in [0.25, 0.3) is 0 Å². The van der Waals surface area contributed by atoms with Gasteiger partial charge in [0.2, 0.25) is 0 Å². The molecule has 2 aliphatic rings. The van der Waals surface area contributed by atoms with E-state index in [1.54, 1.807) is 6.07 Å². The molecule has 130 valence electrons. The maximum absolute atomic E-state index is 12.8. The van der Waals surface area contributed by atoms with Crippen LogP contribution < -0.4 is 14.8 Å². The zero-order valence-corrected chi connectivity index (χ0v) is 14.3. The van der Waals surface area contributed by atoms with Crippen LogP contribution in [0.5, 0.6) is 11.5 Å². The Morgan fingerprint density at radius 2 is 1.72 bits per heavy atom. The summed E-state index contributed by atoms with van der Waals surface area (Å²) in [6, 6.07) is 16.0. The molecule has 1 aliphatic carbocycles. The Bertz CT molecular complexity index is 751. The Balaban J connectivity index is 1.53. The molecule has 2 aromatic carbocycles. The van der Waals surface area contributed by atoms with E-state index in [0.29, 0.717) is 36.8 Å². The molecule has 1 saturated carbocycles.